The maximum Gasteiger partial charge on any atom is 0.329 e. The zero-order valence-corrected chi connectivity index (χ0v) is 12.3. The van der Waals surface area contributed by atoms with Crippen molar-refractivity contribution < 1.29 is 19.4 Å². The SMILES string of the molecule is CCCC1(C(=O)O)CCCN1C(=O)c1ccc(OC)nc1. The number of carboxylic acid groups (broad SMARTS) is 1. The summed E-state index contributed by atoms with van der Waals surface area (Å²) in [6.07, 6.45) is 3.83. The average molecular weight is 292 g/mol. The van der Waals surface area contributed by atoms with Gasteiger partial charge in [-0.25, -0.2) is 9.78 Å². The summed E-state index contributed by atoms with van der Waals surface area (Å²) in [6, 6.07) is 3.22. The van der Waals surface area contributed by atoms with Gasteiger partial charge in [0.05, 0.1) is 12.7 Å². The van der Waals surface area contributed by atoms with Gasteiger partial charge in [-0.05, 0) is 25.3 Å². The predicted molar refractivity (Wildman–Crippen MR) is 76.3 cm³/mol. The van der Waals surface area contributed by atoms with Crippen LogP contribution in [0, 0.1) is 0 Å². The number of carboxylic acids is 1. The molecule has 1 aliphatic heterocycles. The first kappa shape index (κ1) is 15.3. The number of hydrogen-bond donors (Lipinski definition) is 1. The molecular formula is C15H20N2O4. The van der Waals surface area contributed by atoms with Crippen LogP contribution in [-0.2, 0) is 4.79 Å². The molecule has 2 rings (SSSR count). The highest BCUT2D eigenvalue weighted by molar-refractivity contribution is 5.98. The second kappa shape index (κ2) is 6.11. The van der Waals surface area contributed by atoms with Crippen molar-refractivity contribution in [3.63, 3.8) is 0 Å². The summed E-state index contributed by atoms with van der Waals surface area (Å²) in [5.41, 5.74) is -0.689. The van der Waals surface area contributed by atoms with E-state index >= 15 is 0 Å². The van der Waals surface area contributed by atoms with E-state index in [4.69, 9.17) is 4.74 Å². The number of carbonyl (C=O) groups excluding carboxylic acids is 1. The van der Waals surface area contributed by atoms with Crippen molar-refractivity contribution in [1.29, 1.82) is 0 Å². The Morgan fingerprint density at radius 1 is 1.48 bits per heavy atom. The van der Waals surface area contributed by atoms with Crippen LogP contribution in [0.25, 0.3) is 0 Å². The van der Waals surface area contributed by atoms with Gasteiger partial charge in [-0.15, -0.1) is 0 Å². The van der Waals surface area contributed by atoms with Crippen molar-refractivity contribution in [1.82, 2.24) is 9.88 Å². The Morgan fingerprint density at radius 3 is 2.76 bits per heavy atom. The number of amides is 1. The van der Waals surface area contributed by atoms with E-state index in [1.807, 2.05) is 6.92 Å². The van der Waals surface area contributed by atoms with Crippen LogP contribution in [0.1, 0.15) is 43.0 Å². The molecule has 0 aliphatic carbocycles. The Balaban J connectivity index is 2.29. The molecule has 0 radical (unpaired) electrons. The summed E-state index contributed by atoms with van der Waals surface area (Å²) < 4.78 is 4.96. The van der Waals surface area contributed by atoms with Crippen molar-refractivity contribution in [2.45, 2.75) is 38.1 Å². The molecule has 6 nitrogen and oxygen atoms in total. The third-order valence-electron chi connectivity index (χ3n) is 3.99. The molecule has 21 heavy (non-hydrogen) atoms. The largest absolute Gasteiger partial charge is 0.481 e. The lowest BCUT2D eigenvalue weighted by atomic mass is 9.90. The fraction of sp³-hybridized carbons (Fsp3) is 0.533. The standard InChI is InChI=1S/C15H20N2O4/c1-3-7-15(14(19)20)8-4-9-17(15)13(18)11-5-6-12(21-2)16-10-11/h5-6,10H,3-4,7-9H2,1-2H3,(H,19,20). The lowest BCUT2D eigenvalue weighted by Crippen LogP contribution is -2.53. The van der Waals surface area contributed by atoms with Gasteiger partial charge in [0.25, 0.3) is 5.91 Å². The monoisotopic (exact) mass is 292 g/mol. The highest BCUT2D eigenvalue weighted by atomic mass is 16.5. The summed E-state index contributed by atoms with van der Waals surface area (Å²) >= 11 is 0. The number of aromatic nitrogens is 1. The molecule has 1 aliphatic rings. The van der Waals surface area contributed by atoms with Crippen molar-refractivity contribution >= 4 is 11.9 Å². The van der Waals surface area contributed by atoms with Crippen molar-refractivity contribution in [2.75, 3.05) is 13.7 Å². The first-order valence-corrected chi connectivity index (χ1v) is 7.10. The molecule has 0 spiro atoms. The Morgan fingerprint density at radius 2 is 2.24 bits per heavy atom. The summed E-state index contributed by atoms with van der Waals surface area (Å²) in [4.78, 5) is 29.9. The third kappa shape index (κ3) is 2.70. The van der Waals surface area contributed by atoms with E-state index in [1.54, 1.807) is 12.1 Å². The highest BCUT2D eigenvalue weighted by Crippen LogP contribution is 2.35. The van der Waals surface area contributed by atoms with Gasteiger partial charge in [-0.1, -0.05) is 13.3 Å². The smallest absolute Gasteiger partial charge is 0.329 e. The molecule has 1 atom stereocenters. The van der Waals surface area contributed by atoms with Gasteiger partial charge in [-0.2, -0.15) is 0 Å². The van der Waals surface area contributed by atoms with Gasteiger partial charge >= 0.3 is 5.97 Å². The molecule has 2 heterocycles. The molecule has 1 saturated heterocycles. The van der Waals surface area contributed by atoms with Gasteiger partial charge in [0.1, 0.15) is 5.54 Å². The second-order valence-corrected chi connectivity index (χ2v) is 5.24. The summed E-state index contributed by atoms with van der Waals surface area (Å²) in [6.45, 7) is 2.40. The lowest BCUT2D eigenvalue weighted by molar-refractivity contribution is -0.148. The Hall–Kier alpha value is -2.11. The van der Waals surface area contributed by atoms with Gasteiger partial charge < -0.3 is 14.7 Å². The Bertz CT molecular complexity index is 529. The number of hydrogen-bond acceptors (Lipinski definition) is 4. The van der Waals surface area contributed by atoms with E-state index < -0.39 is 11.5 Å². The average Bonchev–Trinajstić information content (AvgIpc) is 2.92. The fourth-order valence-corrected chi connectivity index (χ4v) is 2.96. The molecule has 1 N–H and O–H groups in total. The number of pyridine rings is 1. The maximum atomic E-state index is 12.6. The second-order valence-electron chi connectivity index (χ2n) is 5.24. The van der Waals surface area contributed by atoms with Crippen molar-refractivity contribution in [3.05, 3.63) is 23.9 Å². The van der Waals surface area contributed by atoms with Gasteiger partial charge in [0, 0.05) is 18.8 Å². The number of likely N-dealkylation sites (tertiary alicyclic amines) is 1. The number of ether oxygens (including phenoxy) is 1. The first-order chi connectivity index (χ1) is 10.0. The van der Waals surface area contributed by atoms with E-state index in [9.17, 15) is 14.7 Å². The molecular weight excluding hydrogens is 272 g/mol. The summed E-state index contributed by atoms with van der Waals surface area (Å²) in [7, 11) is 1.50. The molecule has 114 valence electrons. The van der Waals surface area contributed by atoms with E-state index in [0.717, 1.165) is 6.42 Å². The Kier molecular flexibility index (Phi) is 4.45. The van der Waals surface area contributed by atoms with Crippen molar-refractivity contribution in [2.24, 2.45) is 0 Å². The predicted octanol–water partition coefficient (Wildman–Crippen LogP) is 1.95. The normalized spacial score (nSPS) is 21.3. The van der Waals surface area contributed by atoms with E-state index in [0.29, 0.717) is 37.3 Å². The van der Waals surface area contributed by atoms with Crippen LogP contribution in [0.15, 0.2) is 18.3 Å². The molecule has 6 heteroatoms. The topological polar surface area (TPSA) is 79.7 Å². The van der Waals surface area contributed by atoms with Crippen LogP contribution in [0.4, 0.5) is 0 Å². The number of carbonyl (C=O) groups is 2. The minimum absolute atomic E-state index is 0.279. The van der Waals surface area contributed by atoms with Crippen LogP contribution in [-0.4, -0.2) is 46.1 Å². The van der Waals surface area contributed by atoms with Gasteiger partial charge in [0.2, 0.25) is 5.88 Å². The fourth-order valence-electron chi connectivity index (χ4n) is 2.96. The number of methoxy groups -OCH3 is 1. The maximum absolute atomic E-state index is 12.6. The van der Waals surface area contributed by atoms with Gasteiger partial charge in [0.15, 0.2) is 0 Å². The zero-order chi connectivity index (χ0) is 15.5. The summed E-state index contributed by atoms with van der Waals surface area (Å²) in [5, 5.41) is 9.61. The molecule has 0 saturated carbocycles. The molecule has 1 fully saturated rings. The molecule has 0 bridgehead atoms. The lowest BCUT2D eigenvalue weighted by Gasteiger charge is -2.34. The number of aliphatic carboxylic acids is 1. The van der Waals surface area contributed by atoms with E-state index in [-0.39, 0.29) is 5.91 Å². The number of rotatable bonds is 5. The first-order valence-electron chi connectivity index (χ1n) is 7.10. The number of nitrogens with zero attached hydrogens (tertiary/aromatic N) is 2. The van der Waals surface area contributed by atoms with Crippen LogP contribution in [0.2, 0.25) is 0 Å². The van der Waals surface area contributed by atoms with Crippen LogP contribution >= 0.6 is 0 Å². The molecule has 1 amide bonds. The van der Waals surface area contributed by atoms with E-state index in [2.05, 4.69) is 4.98 Å². The van der Waals surface area contributed by atoms with Gasteiger partial charge in [-0.3, -0.25) is 4.79 Å². The quantitative estimate of drug-likeness (QED) is 0.897. The molecule has 0 aromatic carbocycles. The zero-order valence-electron chi connectivity index (χ0n) is 12.3. The van der Waals surface area contributed by atoms with Crippen molar-refractivity contribution in [3.8, 4) is 5.88 Å². The minimum atomic E-state index is -1.08. The van der Waals surface area contributed by atoms with Crippen LogP contribution < -0.4 is 4.74 Å². The Labute approximate surface area is 123 Å². The molecule has 1 aromatic heterocycles. The molecule has 1 aromatic rings. The van der Waals surface area contributed by atoms with E-state index in [1.165, 1.54) is 18.2 Å². The van der Waals surface area contributed by atoms with Crippen LogP contribution in [0.3, 0.4) is 0 Å². The highest BCUT2D eigenvalue weighted by Gasteiger charge is 2.49. The molecule has 1 unspecified atom stereocenters. The third-order valence-corrected chi connectivity index (χ3v) is 3.99. The summed E-state index contributed by atoms with van der Waals surface area (Å²) in [5.74, 6) is -0.777. The van der Waals surface area contributed by atoms with Crippen LogP contribution in [0.5, 0.6) is 5.88 Å². The minimum Gasteiger partial charge on any atom is -0.481 e.